The van der Waals surface area contributed by atoms with Crippen LogP contribution in [-0.2, 0) is 0 Å². The number of hydrogen-bond donors (Lipinski definition) is 1. The Kier molecular flexibility index (Phi) is 5.55. The van der Waals surface area contributed by atoms with Crippen molar-refractivity contribution in [2.45, 2.75) is 0 Å². The Morgan fingerprint density at radius 1 is 1.11 bits per heavy atom. The number of ketones is 1. The standard InChI is InChI=1S/C14H11ClN2O.ClH/c15-12-3-1-11(2-4-12)14(18)7-10-17-8-5-13(16)6-9-17;/h1-10,16H;1H. The Morgan fingerprint density at radius 3 is 2.26 bits per heavy atom. The van der Waals surface area contributed by atoms with E-state index in [4.69, 9.17) is 17.3 Å². The van der Waals surface area contributed by atoms with Gasteiger partial charge in [0, 0.05) is 28.4 Å². The number of halogens is 2. The lowest BCUT2D eigenvalue weighted by atomic mass is 10.1. The second-order valence-corrected chi connectivity index (χ2v) is 4.20. The minimum atomic E-state index is -0.0732. The molecule has 2 N–H and O–H groups in total. The molecule has 2 aromatic rings. The topological polar surface area (TPSA) is 47.0 Å². The fourth-order valence-electron chi connectivity index (χ4n) is 1.41. The first-order valence-corrected chi connectivity index (χ1v) is 5.77. The summed E-state index contributed by atoms with van der Waals surface area (Å²) in [4.78, 5) is 11.8. The molecule has 0 fully saturated rings. The number of anilines is 1. The van der Waals surface area contributed by atoms with E-state index in [0.717, 1.165) is 0 Å². The minimum Gasteiger partial charge on any atom is -1.00 e. The molecule has 0 amide bonds. The van der Waals surface area contributed by atoms with Gasteiger partial charge in [0.1, 0.15) is 0 Å². The van der Waals surface area contributed by atoms with E-state index in [1.807, 2.05) is 0 Å². The summed E-state index contributed by atoms with van der Waals surface area (Å²) in [7, 11) is 0. The second kappa shape index (κ2) is 6.92. The van der Waals surface area contributed by atoms with E-state index >= 15 is 0 Å². The molecule has 0 atom stereocenters. The van der Waals surface area contributed by atoms with Gasteiger partial charge in [-0.3, -0.25) is 4.79 Å². The predicted octanol–water partition coefficient (Wildman–Crippen LogP) is -0.433. The molecule has 0 spiro atoms. The van der Waals surface area contributed by atoms with Crippen LogP contribution in [0.1, 0.15) is 10.4 Å². The van der Waals surface area contributed by atoms with Crippen LogP contribution in [0.25, 0.3) is 6.20 Å². The second-order valence-electron chi connectivity index (χ2n) is 3.77. The van der Waals surface area contributed by atoms with E-state index in [1.54, 1.807) is 59.6 Å². The van der Waals surface area contributed by atoms with Crippen molar-refractivity contribution in [3.05, 3.63) is 65.5 Å². The number of carbonyl (C=O) groups is 1. The molecule has 0 aliphatic rings. The summed E-state index contributed by atoms with van der Waals surface area (Å²) in [5.41, 5.74) is 6.86. The van der Waals surface area contributed by atoms with Gasteiger partial charge in [-0.1, -0.05) is 11.6 Å². The molecule has 3 nitrogen and oxygen atoms in total. The molecule has 98 valence electrons. The maximum absolute atomic E-state index is 11.8. The highest BCUT2D eigenvalue weighted by Crippen LogP contribution is 2.10. The fourth-order valence-corrected chi connectivity index (χ4v) is 1.54. The number of nitrogens with zero attached hydrogens (tertiary/aromatic N) is 1. The first-order valence-electron chi connectivity index (χ1n) is 5.39. The van der Waals surface area contributed by atoms with Gasteiger partial charge in [0.05, 0.1) is 6.08 Å². The van der Waals surface area contributed by atoms with Crippen LogP contribution in [0.3, 0.4) is 0 Å². The van der Waals surface area contributed by atoms with Gasteiger partial charge in [0.2, 0.25) is 0 Å². The highest BCUT2D eigenvalue weighted by Gasteiger charge is 2.03. The smallest absolute Gasteiger partial charge is 0.191 e. The number of nitrogens with two attached hydrogens (primary N) is 1. The van der Waals surface area contributed by atoms with Gasteiger partial charge in [0.15, 0.2) is 24.4 Å². The quantitative estimate of drug-likeness (QED) is 0.474. The molecular formula is C14H12Cl2N2O. The summed E-state index contributed by atoms with van der Waals surface area (Å²) >= 11 is 5.76. The third-order valence-electron chi connectivity index (χ3n) is 2.41. The Balaban J connectivity index is 0.00000180. The van der Waals surface area contributed by atoms with E-state index in [2.05, 4.69) is 0 Å². The van der Waals surface area contributed by atoms with Crippen molar-refractivity contribution in [2.24, 2.45) is 0 Å². The average molecular weight is 295 g/mol. The zero-order valence-electron chi connectivity index (χ0n) is 9.96. The van der Waals surface area contributed by atoms with Crippen molar-refractivity contribution < 1.29 is 21.8 Å². The summed E-state index contributed by atoms with van der Waals surface area (Å²) in [5, 5.41) is 0.614. The number of allylic oxidation sites excluding steroid dienone is 1. The first-order chi connectivity index (χ1) is 8.65. The largest absolute Gasteiger partial charge is 1.00 e. The zero-order chi connectivity index (χ0) is 13.0. The molecule has 0 unspecified atom stereocenters. The normalized spacial score (nSPS) is 10.2. The van der Waals surface area contributed by atoms with E-state index < -0.39 is 0 Å². The molecule has 1 heterocycles. The van der Waals surface area contributed by atoms with Crippen molar-refractivity contribution >= 4 is 29.3 Å². The number of aromatic nitrogens is 1. The van der Waals surface area contributed by atoms with E-state index in [1.165, 1.54) is 6.08 Å². The third-order valence-corrected chi connectivity index (χ3v) is 2.66. The van der Waals surface area contributed by atoms with Crippen LogP contribution >= 0.6 is 11.6 Å². The van der Waals surface area contributed by atoms with Gasteiger partial charge >= 0.3 is 0 Å². The van der Waals surface area contributed by atoms with Crippen LogP contribution < -0.4 is 22.7 Å². The highest BCUT2D eigenvalue weighted by atomic mass is 35.5. The molecule has 1 aromatic heterocycles. The highest BCUT2D eigenvalue weighted by molar-refractivity contribution is 6.30. The van der Waals surface area contributed by atoms with Gasteiger partial charge in [0.25, 0.3) is 0 Å². The van der Waals surface area contributed by atoms with Gasteiger partial charge in [-0.15, -0.1) is 0 Å². The molecule has 0 saturated carbocycles. The van der Waals surface area contributed by atoms with E-state index in [0.29, 0.717) is 16.3 Å². The van der Waals surface area contributed by atoms with Gasteiger partial charge in [-0.05, 0) is 24.3 Å². The van der Waals surface area contributed by atoms with Crippen molar-refractivity contribution in [1.82, 2.24) is 0 Å². The van der Waals surface area contributed by atoms with Crippen LogP contribution in [0.4, 0.5) is 5.69 Å². The lowest BCUT2D eigenvalue weighted by molar-refractivity contribution is -0.568. The summed E-state index contributed by atoms with van der Waals surface area (Å²) in [5.74, 6) is -0.0732. The maximum Gasteiger partial charge on any atom is 0.191 e. The van der Waals surface area contributed by atoms with Crippen LogP contribution in [0, 0.1) is 0 Å². The number of nitrogen functional groups attached to an aromatic ring is 1. The minimum absolute atomic E-state index is 0. The van der Waals surface area contributed by atoms with Crippen LogP contribution in [0.5, 0.6) is 0 Å². The molecular weight excluding hydrogens is 283 g/mol. The number of pyridine rings is 1. The Labute approximate surface area is 122 Å². The first kappa shape index (κ1) is 15.2. The van der Waals surface area contributed by atoms with Gasteiger partial charge in [-0.25, -0.2) is 0 Å². The average Bonchev–Trinajstić information content (AvgIpc) is 2.38. The summed E-state index contributed by atoms with van der Waals surface area (Å²) in [6.07, 6.45) is 6.73. The van der Waals surface area contributed by atoms with Crippen LogP contribution in [0.15, 0.2) is 54.9 Å². The summed E-state index contributed by atoms with van der Waals surface area (Å²) < 4.78 is 1.75. The van der Waals surface area contributed by atoms with Crippen molar-refractivity contribution in [3.8, 4) is 0 Å². The fraction of sp³-hybridized carbons (Fsp3) is 0. The Morgan fingerprint density at radius 2 is 1.68 bits per heavy atom. The van der Waals surface area contributed by atoms with Crippen molar-refractivity contribution in [2.75, 3.05) is 5.73 Å². The molecule has 19 heavy (non-hydrogen) atoms. The summed E-state index contributed by atoms with van der Waals surface area (Å²) in [6, 6.07) is 10.3. The molecule has 1 aromatic carbocycles. The molecule has 0 aliphatic carbocycles. The molecule has 0 radical (unpaired) electrons. The maximum atomic E-state index is 11.8. The Hall–Kier alpha value is -1.84. The molecule has 0 aliphatic heterocycles. The zero-order valence-corrected chi connectivity index (χ0v) is 11.5. The van der Waals surface area contributed by atoms with Crippen LogP contribution in [0.2, 0.25) is 5.02 Å². The lowest BCUT2D eigenvalue weighted by Gasteiger charge is -1.94. The van der Waals surface area contributed by atoms with Crippen molar-refractivity contribution in [3.63, 3.8) is 0 Å². The molecule has 0 bridgehead atoms. The number of benzene rings is 1. The van der Waals surface area contributed by atoms with Gasteiger partial charge in [-0.2, -0.15) is 4.57 Å². The number of carbonyl (C=O) groups excluding carboxylic acids is 1. The van der Waals surface area contributed by atoms with Gasteiger partial charge < -0.3 is 18.1 Å². The third kappa shape index (κ3) is 4.39. The predicted molar refractivity (Wildman–Crippen MR) is 72.2 cm³/mol. The number of hydrogen-bond acceptors (Lipinski definition) is 2. The Bertz CT molecular complexity index is 577. The lowest BCUT2D eigenvalue weighted by Crippen LogP contribution is -3.00. The van der Waals surface area contributed by atoms with Crippen molar-refractivity contribution in [1.29, 1.82) is 0 Å². The molecule has 0 saturated heterocycles. The number of rotatable bonds is 3. The summed E-state index contributed by atoms with van der Waals surface area (Å²) in [6.45, 7) is 0. The SMILES string of the molecule is Nc1cc[n+](C=CC(=O)c2ccc(Cl)cc2)cc1.[Cl-]. The molecule has 5 heteroatoms. The van der Waals surface area contributed by atoms with E-state index in [-0.39, 0.29) is 18.2 Å². The van der Waals surface area contributed by atoms with E-state index in [9.17, 15) is 4.79 Å². The monoisotopic (exact) mass is 294 g/mol. The molecule has 2 rings (SSSR count). The van der Waals surface area contributed by atoms with Crippen LogP contribution in [-0.4, -0.2) is 5.78 Å².